The molecule has 4 aromatic carbocycles. The van der Waals surface area contributed by atoms with Crippen molar-refractivity contribution in [2.75, 3.05) is 43.0 Å². The van der Waals surface area contributed by atoms with E-state index in [1.54, 1.807) is 0 Å². The Balaban J connectivity index is 1.91. The van der Waals surface area contributed by atoms with Crippen molar-refractivity contribution in [2.45, 2.75) is 19.6 Å². The Hall–Kier alpha value is -4.89. The van der Waals surface area contributed by atoms with Crippen molar-refractivity contribution < 1.29 is 99.9 Å². The fourth-order valence-corrected chi connectivity index (χ4v) is 9.73. The van der Waals surface area contributed by atoms with Crippen LogP contribution in [-0.2, 0) is 79.2 Å². The smallest absolute Gasteiger partial charge is 0.397 e. The number of azo groups is 2. The van der Waals surface area contributed by atoms with Crippen LogP contribution in [0.5, 0.6) is 11.5 Å². The topological polar surface area (TPSA) is 450 Å². The molecule has 63 heavy (non-hydrogen) atoms. The van der Waals surface area contributed by atoms with Gasteiger partial charge in [-0.2, -0.15) is 42.1 Å². The van der Waals surface area contributed by atoms with Crippen molar-refractivity contribution in [3.05, 3.63) is 54.6 Å². The van der Waals surface area contributed by atoms with Gasteiger partial charge in [-0.05, 0) is 48.5 Å². The zero-order valence-electron chi connectivity index (χ0n) is 31.0. The van der Waals surface area contributed by atoms with Gasteiger partial charge in [-0.15, -0.1) is 20.5 Å². The van der Waals surface area contributed by atoms with E-state index in [1.807, 2.05) is 0 Å². The van der Waals surface area contributed by atoms with E-state index in [2.05, 4.69) is 34.1 Å². The maximum absolute atomic E-state index is 12.8. The molecule has 0 bridgehead atoms. The summed E-state index contributed by atoms with van der Waals surface area (Å²) < 4.78 is 228. The van der Waals surface area contributed by atoms with Gasteiger partial charge in [0.2, 0.25) is 0 Å². The Bertz CT molecular complexity index is 3340. The van der Waals surface area contributed by atoms with E-state index in [4.69, 9.17) is 13.8 Å². The highest BCUT2D eigenvalue weighted by atomic mass is 32.3. The van der Waals surface area contributed by atoms with Gasteiger partial charge in [-0.25, -0.2) is 25.2 Å². The fraction of sp³-hybridized carbons (Fsp3) is 0.214. The summed E-state index contributed by atoms with van der Waals surface area (Å²) in [5, 5.41) is 27.2. The number of fused-ring (bicyclic) bond motifs is 1. The van der Waals surface area contributed by atoms with E-state index in [-0.39, 0.29) is 5.39 Å². The van der Waals surface area contributed by atoms with Crippen LogP contribution in [0.1, 0.15) is 0 Å². The Kier molecular flexibility index (Phi) is 15.0. The van der Waals surface area contributed by atoms with Crippen LogP contribution in [-0.4, -0.2) is 125 Å². The third kappa shape index (κ3) is 13.8. The summed E-state index contributed by atoms with van der Waals surface area (Å²) in [5.41, 5.74) is -3.15. The molecule has 0 unspecified atom stereocenters. The standard InChI is InChI=1S/C28H29N5O23S7/c1-54-28-18-4-7-22(29-15-59(39,40)41)26(32-31-21-6-3-17(13-24(21)60(42,43)44)58(37,38)11-9-56-63(51,52)53)19(18)14-25(61(45,46)47)27(28)33-30-20-5-2-16(12-23(20)34)57(35,36)10-8-55-62(48,49)50/h2-7,12-14,29,34H,8-11,15H2,1H3,(H,39,40,41)(H,42,43,44)(H,45,46,47)(H,48,49,50)(H,51,52,53). The number of sulfone groups is 2. The maximum Gasteiger partial charge on any atom is 0.397 e. The van der Waals surface area contributed by atoms with Crippen molar-refractivity contribution in [1.29, 1.82) is 0 Å². The van der Waals surface area contributed by atoms with Gasteiger partial charge in [0.1, 0.15) is 44.2 Å². The summed E-state index contributed by atoms with van der Waals surface area (Å²) in [4.78, 5) is -3.79. The molecule has 0 heterocycles. The first-order chi connectivity index (χ1) is 28.7. The number of nitrogens with one attached hydrogen (secondary N) is 1. The van der Waals surface area contributed by atoms with E-state index in [0.717, 1.165) is 37.4 Å². The summed E-state index contributed by atoms with van der Waals surface area (Å²) in [5.74, 6) is -4.78. The molecule has 35 heteroatoms. The van der Waals surface area contributed by atoms with Gasteiger partial charge >= 0.3 is 20.8 Å². The van der Waals surface area contributed by atoms with Gasteiger partial charge in [0, 0.05) is 16.8 Å². The Morgan fingerprint density at radius 1 is 0.556 bits per heavy atom. The van der Waals surface area contributed by atoms with Crippen LogP contribution >= 0.6 is 0 Å². The predicted octanol–water partition coefficient (Wildman–Crippen LogP) is 2.32. The first-order valence-corrected chi connectivity index (χ1v) is 26.6. The molecule has 0 fully saturated rings. The number of anilines is 1. The molecule has 0 amide bonds. The molecule has 4 aromatic rings. The molecular weight excluding hydrogens is 999 g/mol. The summed E-state index contributed by atoms with van der Waals surface area (Å²) in [7, 11) is -33.6. The number of benzene rings is 4. The lowest BCUT2D eigenvalue weighted by Gasteiger charge is -2.16. The van der Waals surface area contributed by atoms with Crippen molar-refractivity contribution >= 4 is 110 Å². The van der Waals surface area contributed by atoms with Crippen LogP contribution in [0.2, 0.25) is 0 Å². The van der Waals surface area contributed by atoms with E-state index in [9.17, 15) is 77.7 Å². The largest absolute Gasteiger partial charge is 0.506 e. The number of nitrogens with zero attached hydrogens (tertiary/aromatic N) is 4. The zero-order chi connectivity index (χ0) is 47.6. The maximum atomic E-state index is 12.8. The molecule has 7 N–H and O–H groups in total. The highest BCUT2D eigenvalue weighted by Crippen LogP contribution is 2.47. The molecular formula is C28H29N5O23S7. The zero-order valence-corrected chi connectivity index (χ0v) is 36.7. The number of hydrogen-bond acceptors (Lipinski definition) is 23. The number of phenols is 1. The molecule has 0 atom stereocenters. The number of rotatable bonds is 20. The summed E-state index contributed by atoms with van der Waals surface area (Å²) in [6.45, 7) is -2.12. The summed E-state index contributed by atoms with van der Waals surface area (Å²) in [6, 6.07) is 7.06. The molecule has 0 saturated carbocycles. The van der Waals surface area contributed by atoms with Gasteiger partial charge in [-0.1, -0.05) is 0 Å². The monoisotopic (exact) mass is 1030 g/mol. The van der Waals surface area contributed by atoms with Crippen molar-refractivity contribution in [3.63, 3.8) is 0 Å². The molecule has 0 aliphatic carbocycles. The quantitative estimate of drug-likeness (QED) is 0.0493. The Morgan fingerprint density at radius 2 is 1.05 bits per heavy atom. The number of aromatic hydroxyl groups is 1. The van der Waals surface area contributed by atoms with Crippen LogP contribution in [0.25, 0.3) is 10.8 Å². The molecule has 4 rings (SSSR count). The Morgan fingerprint density at radius 3 is 1.52 bits per heavy atom. The summed E-state index contributed by atoms with van der Waals surface area (Å²) in [6.07, 6.45) is 0. The average Bonchev–Trinajstić information content (AvgIpc) is 3.12. The molecule has 0 aliphatic heterocycles. The van der Waals surface area contributed by atoms with Gasteiger partial charge in [0.25, 0.3) is 30.4 Å². The normalized spacial score (nSPS) is 13.6. The van der Waals surface area contributed by atoms with Crippen LogP contribution in [0, 0.1) is 0 Å². The SMILES string of the molecule is COc1c(N=Nc2ccc(S(=O)(=O)CCOS(=O)(=O)O)cc2O)c(S(=O)(=O)O)cc2c(N=Nc3ccc(S(=O)(=O)CCOS(=O)(=O)O)cc3S(=O)(=O)O)c(NCS(=O)(=O)O)ccc12. The van der Waals surface area contributed by atoms with Crippen molar-refractivity contribution in [1.82, 2.24) is 0 Å². The third-order valence-electron chi connectivity index (χ3n) is 7.67. The van der Waals surface area contributed by atoms with Crippen molar-refractivity contribution in [3.8, 4) is 11.5 Å². The fourth-order valence-electron chi connectivity index (χ4n) is 5.01. The molecule has 0 radical (unpaired) electrons. The first kappa shape index (κ1) is 50.8. The molecule has 28 nitrogen and oxygen atoms in total. The second-order valence-electron chi connectivity index (χ2n) is 12.0. The number of phenolic OH excluding ortho intramolecular Hbond substituents is 1. The van der Waals surface area contributed by atoms with E-state index >= 15 is 0 Å². The summed E-state index contributed by atoms with van der Waals surface area (Å²) >= 11 is 0. The third-order valence-corrected chi connectivity index (χ3v) is 14.2. The number of ether oxygens (including phenoxy) is 1. The molecule has 0 aliphatic rings. The Labute approximate surface area is 357 Å². The minimum Gasteiger partial charge on any atom is -0.506 e. The number of hydrogen-bond donors (Lipinski definition) is 7. The van der Waals surface area contributed by atoms with Crippen LogP contribution in [0.4, 0.5) is 28.4 Å². The van der Waals surface area contributed by atoms with E-state index < -0.39 is 166 Å². The lowest BCUT2D eigenvalue weighted by molar-refractivity contribution is 0.282. The van der Waals surface area contributed by atoms with Gasteiger partial charge in [0.15, 0.2) is 25.4 Å². The second-order valence-corrected chi connectivity index (χ2v) is 22.6. The van der Waals surface area contributed by atoms with Gasteiger partial charge in [0.05, 0.1) is 47.3 Å². The highest BCUT2D eigenvalue weighted by molar-refractivity contribution is 7.92. The average molecular weight is 1030 g/mol. The van der Waals surface area contributed by atoms with Crippen LogP contribution in [0.15, 0.2) is 94.6 Å². The first-order valence-electron chi connectivity index (χ1n) is 16.0. The minimum atomic E-state index is -5.41. The molecule has 0 aromatic heterocycles. The minimum absolute atomic E-state index is 0.202. The second kappa shape index (κ2) is 18.7. The molecule has 346 valence electrons. The number of methoxy groups -OCH3 is 1. The van der Waals surface area contributed by atoms with E-state index in [1.165, 1.54) is 0 Å². The lowest BCUT2D eigenvalue weighted by Crippen LogP contribution is -2.16. The molecule has 0 spiro atoms. The highest BCUT2D eigenvalue weighted by Gasteiger charge is 2.27. The van der Waals surface area contributed by atoms with Crippen LogP contribution in [0.3, 0.4) is 0 Å². The van der Waals surface area contributed by atoms with E-state index in [0.29, 0.717) is 24.3 Å². The van der Waals surface area contributed by atoms with Crippen molar-refractivity contribution in [2.24, 2.45) is 20.5 Å². The molecule has 0 saturated heterocycles. The lowest BCUT2D eigenvalue weighted by atomic mass is 10.0. The van der Waals surface area contributed by atoms with Gasteiger partial charge in [-0.3, -0.25) is 22.8 Å². The van der Waals surface area contributed by atoms with Gasteiger partial charge < -0.3 is 15.2 Å². The predicted molar refractivity (Wildman–Crippen MR) is 212 cm³/mol. The van der Waals surface area contributed by atoms with Crippen LogP contribution < -0.4 is 10.1 Å².